The molecule has 6 aromatic carbocycles. The van der Waals surface area contributed by atoms with Crippen molar-refractivity contribution in [3.05, 3.63) is 121 Å². The van der Waals surface area contributed by atoms with E-state index in [1.807, 2.05) is 18.2 Å². The van der Waals surface area contributed by atoms with Crippen LogP contribution in [0.2, 0.25) is 0 Å². The summed E-state index contributed by atoms with van der Waals surface area (Å²) in [5.74, 6) is 0.248. The van der Waals surface area contributed by atoms with Gasteiger partial charge in [0, 0.05) is 5.56 Å². The third-order valence-corrected chi connectivity index (χ3v) is 7.85. The summed E-state index contributed by atoms with van der Waals surface area (Å²) in [6, 6.07) is 41.9. The van der Waals surface area contributed by atoms with Gasteiger partial charge in [0.05, 0.1) is 15.8 Å². The van der Waals surface area contributed by atoms with Gasteiger partial charge in [0.1, 0.15) is 10.8 Å². The van der Waals surface area contributed by atoms with Crippen molar-refractivity contribution in [1.82, 2.24) is 4.98 Å². The lowest BCUT2D eigenvalue weighted by Crippen LogP contribution is -1.87. The van der Waals surface area contributed by atoms with Gasteiger partial charge in [-0.15, -0.1) is 11.3 Å². The number of phenolic OH excluding ortho intramolecular Hbond substituents is 1. The predicted octanol–water partition coefficient (Wildman–Crippen LogP) is 9.31. The minimum absolute atomic E-state index is 0.248. The number of nitrogens with zero attached hydrogens (tertiary/aromatic N) is 1. The fourth-order valence-electron chi connectivity index (χ4n) is 5.10. The number of aromatic nitrogens is 1. The van der Waals surface area contributed by atoms with Gasteiger partial charge < -0.3 is 5.11 Å². The Morgan fingerprint density at radius 2 is 1.11 bits per heavy atom. The molecule has 0 saturated carbocycles. The minimum atomic E-state index is 0.248. The van der Waals surface area contributed by atoms with Crippen LogP contribution in [0.4, 0.5) is 0 Å². The van der Waals surface area contributed by atoms with Crippen LogP contribution in [0.25, 0.3) is 64.6 Å². The molecule has 0 fully saturated rings. The molecule has 1 heterocycles. The number of rotatable bonds is 3. The molecule has 7 aromatic rings. The number of thiazole rings is 1. The van der Waals surface area contributed by atoms with Crippen molar-refractivity contribution >= 4 is 43.1 Å². The minimum Gasteiger partial charge on any atom is -0.507 e. The summed E-state index contributed by atoms with van der Waals surface area (Å²) in [7, 11) is 0. The monoisotopic (exact) mass is 479 g/mol. The molecule has 1 aromatic heterocycles. The molecular weight excluding hydrogens is 458 g/mol. The van der Waals surface area contributed by atoms with E-state index in [2.05, 4.69) is 97.1 Å². The zero-order valence-corrected chi connectivity index (χ0v) is 20.2. The van der Waals surface area contributed by atoms with Gasteiger partial charge in [0.25, 0.3) is 0 Å². The van der Waals surface area contributed by atoms with E-state index in [1.54, 1.807) is 17.4 Å². The van der Waals surface area contributed by atoms with E-state index in [0.717, 1.165) is 37.5 Å². The van der Waals surface area contributed by atoms with Crippen LogP contribution in [0.1, 0.15) is 0 Å². The molecule has 0 aliphatic heterocycles. The lowest BCUT2D eigenvalue weighted by Gasteiger charge is -2.12. The highest BCUT2D eigenvalue weighted by molar-refractivity contribution is 7.21. The van der Waals surface area contributed by atoms with Crippen LogP contribution >= 0.6 is 11.3 Å². The normalized spacial score (nSPS) is 11.4. The summed E-state index contributed by atoms with van der Waals surface area (Å²) in [4.78, 5) is 5.08. The molecule has 0 atom stereocenters. The Kier molecular flexibility index (Phi) is 4.83. The van der Waals surface area contributed by atoms with Crippen molar-refractivity contribution in [3.8, 4) is 38.6 Å². The number of hydrogen-bond donors (Lipinski definition) is 1. The molecule has 0 aliphatic rings. The fraction of sp³-hybridized carbons (Fsp3) is 0. The first-order chi connectivity index (χ1) is 17.8. The van der Waals surface area contributed by atoms with E-state index in [4.69, 9.17) is 4.98 Å². The Morgan fingerprint density at radius 3 is 1.86 bits per heavy atom. The highest BCUT2D eigenvalue weighted by Gasteiger charge is 2.17. The highest BCUT2D eigenvalue weighted by atomic mass is 32.1. The number of fused-ring (bicyclic) bond motifs is 3. The molecule has 7 rings (SSSR count). The first kappa shape index (κ1) is 20.9. The molecule has 2 nitrogen and oxygen atoms in total. The van der Waals surface area contributed by atoms with Gasteiger partial charge in [0.15, 0.2) is 0 Å². The summed E-state index contributed by atoms with van der Waals surface area (Å²) < 4.78 is 1.10. The van der Waals surface area contributed by atoms with E-state index < -0.39 is 0 Å². The van der Waals surface area contributed by atoms with Crippen LogP contribution in [0.3, 0.4) is 0 Å². The fourth-order valence-corrected chi connectivity index (χ4v) is 6.16. The van der Waals surface area contributed by atoms with E-state index in [9.17, 15) is 5.11 Å². The van der Waals surface area contributed by atoms with Crippen molar-refractivity contribution in [3.63, 3.8) is 0 Å². The summed E-state index contributed by atoms with van der Waals surface area (Å²) in [6.45, 7) is 0. The quantitative estimate of drug-likeness (QED) is 0.274. The van der Waals surface area contributed by atoms with Crippen LogP contribution in [-0.2, 0) is 0 Å². The SMILES string of the molecule is Oc1ccccc1-c1nc2c(-c3cccc4ccccc34)cc(-c3cccc4ccccc34)cc2s1. The average Bonchev–Trinajstić information content (AvgIpc) is 3.36. The van der Waals surface area contributed by atoms with Gasteiger partial charge in [-0.2, -0.15) is 0 Å². The number of para-hydroxylation sites is 1. The summed E-state index contributed by atoms with van der Waals surface area (Å²) in [5, 5.41) is 16.2. The standard InChI is InChI=1S/C33H21NOS/c35-30-18-6-5-15-28(30)33-34-32-29(27-17-8-12-22-10-2-4-14-25(22)27)19-23(20-31(32)36-33)26-16-7-11-21-9-1-3-13-24(21)26/h1-20,35H. The first-order valence-electron chi connectivity index (χ1n) is 12.0. The molecule has 0 bridgehead atoms. The van der Waals surface area contributed by atoms with Gasteiger partial charge in [-0.25, -0.2) is 4.98 Å². The van der Waals surface area contributed by atoms with Crippen LogP contribution in [0, 0.1) is 0 Å². The van der Waals surface area contributed by atoms with Crippen molar-refractivity contribution < 1.29 is 5.11 Å². The van der Waals surface area contributed by atoms with Crippen LogP contribution in [0.5, 0.6) is 5.75 Å². The maximum Gasteiger partial charge on any atom is 0.128 e. The third-order valence-electron chi connectivity index (χ3n) is 6.81. The molecule has 0 unspecified atom stereocenters. The molecule has 0 saturated heterocycles. The Hall–Kier alpha value is -4.47. The molecule has 0 amide bonds. The van der Waals surface area contributed by atoms with Crippen molar-refractivity contribution in [1.29, 1.82) is 0 Å². The molecule has 170 valence electrons. The molecule has 0 aliphatic carbocycles. The van der Waals surface area contributed by atoms with Gasteiger partial charge in [-0.05, 0) is 62.5 Å². The van der Waals surface area contributed by atoms with E-state index in [0.29, 0.717) is 0 Å². The maximum atomic E-state index is 10.5. The lowest BCUT2D eigenvalue weighted by atomic mass is 9.92. The van der Waals surface area contributed by atoms with E-state index in [-0.39, 0.29) is 5.75 Å². The van der Waals surface area contributed by atoms with Gasteiger partial charge in [-0.3, -0.25) is 0 Å². The second-order valence-electron chi connectivity index (χ2n) is 8.96. The summed E-state index contributed by atoms with van der Waals surface area (Å²) in [5.41, 5.74) is 6.34. The maximum absolute atomic E-state index is 10.5. The van der Waals surface area contributed by atoms with Crippen LogP contribution in [-0.4, -0.2) is 10.1 Å². The number of benzene rings is 6. The largest absolute Gasteiger partial charge is 0.507 e. The topological polar surface area (TPSA) is 33.1 Å². The van der Waals surface area contributed by atoms with Crippen LogP contribution in [0.15, 0.2) is 121 Å². The number of aromatic hydroxyl groups is 1. The zero-order valence-electron chi connectivity index (χ0n) is 19.3. The highest BCUT2D eigenvalue weighted by Crippen LogP contribution is 2.43. The number of hydrogen-bond acceptors (Lipinski definition) is 3. The third kappa shape index (κ3) is 3.36. The second-order valence-corrected chi connectivity index (χ2v) is 9.99. The Morgan fingerprint density at radius 1 is 0.528 bits per heavy atom. The van der Waals surface area contributed by atoms with E-state index >= 15 is 0 Å². The Bertz CT molecular complexity index is 1910. The molecular formula is C33H21NOS. The van der Waals surface area contributed by atoms with Crippen LogP contribution < -0.4 is 0 Å². The Balaban J connectivity index is 1.57. The van der Waals surface area contributed by atoms with E-state index in [1.165, 1.54) is 27.1 Å². The molecule has 36 heavy (non-hydrogen) atoms. The Labute approximate surface area is 212 Å². The second kappa shape index (κ2) is 8.33. The first-order valence-corrected chi connectivity index (χ1v) is 12.8. The smallest absolute Gasteiger partial charge is 0.128 e. The molecule has 0 radical (unpaired) electrons. The summed E-state index contributed by atoms with van der Waals surface area (Å²) in [6.07, 6.45) is 0. The molecule has 3 heteroatoms. The van der Waals surface area contributed by atoms with Gasteiger partial charge in [0.2, 0.25) is 0 Å². The van der Waals surface area contributed by atoms with Crippen molar-refractivity contribution in [2.75, 3.05) is 0 Å². The van der Waals surface area contributed by atoms with Gasteiger partial charge >= 0.3 is 0 Å². The molecule has 1 N–H and O–H groups in total. The zero-order chi connectivity index (χ0) is 24.1. The van der Waals surface area contributed by atoms with Crippen molar-refractivity contribution in [2.24, 2.45) is 0 Å². The lowest BCUT2D eigenvalue weighted by molar-refractivity contribution is 0.477. The molecule has 0 spiro atoms. The summed E-state index contributed by atoms with van der Waals surface area (Å²) >= 11 is 1.62. The van der Waals surface area contributed by atoms with Gasteiger partial charge in [-0.1, -0.05) is 97.1 Å². The average molecular weight is 480 g/mol. The van der Waals surface area contributed by atoms with Crippen molar-refractivity contribution in [2.45, 2.75) is 0 Å². The number of phenols is 1. The predicted molar refractivity (Wildman–Crippen MR) is 153 cm³/mol.